The molecule has 6 heteroatoms. The van der Waals surface area contributed by atoms with Gasteiger partial charge in [-0.1, -0.05) is 12.2 Å². The fourth-order valence-electron chi connectivity index (χ4n) is 4.08. The molecule has 1 aromatic heterocycles. The Morgan fingerprint density at radius 3 is 2.73 bits per heavy atom. The molecule has 3 amide bonds. The number of rotatable bonds is 2. The molecule has 2 heterocycles. The van der Waals surface area contributed by atoms with Crippen molar-refractivity contribution in [2.24, 2.45) is 23.2 Å². The van der Waals surface area contributed by atoms with Crippen LogP contribution in [0.3, 0.4) is 0 Å². The lowest BCUT2D eigenvalue weighted by Gasteiger charge is -2.28. The number of hydrogen-bond donors (Lipinski definition) is 1. The maximum atomic E-state index is 12.7. The summed E-state index contributed by atoms with van der Waals surface area (Å²) in [5, 5.41) is 0.916. The zero-order valence-corrected chi connectivity index (χ0v) is 12.0. The van der Waals surface area contributed by atoms with Gasteiger partial charge in [-0.15, -0.1) is 0 Å². The Labute approximate surface area is 127 Å². The van der Waals surface area contributed by atoms with Crippen LogP contribution in [0.5, 0.6) is 0 Å². The Kier molecular flexibility index (Phi) is 2.55. The number of amides is 3. The highest BCUT2D eigenvalue weighted by Gasteiger charge is 2.67. The van der Waals surface area contributed by atoms with Crippen molar-refractivity contribution < 1.29 is 14.4 Å². The second kappa shape index (κ2) is 4.25. The van der Waals surface area contributed by atoms with E-state index in [2.05, 4.69) is 10.4 Å². The summed E-state index contributed by atoms with van der Waals surface area (Å²) in [5.41, 5.74) is 2.10. The van der Waals surface area contributed by atoms with Gasteiger partial charge >= 0.3 is 0 Å². The van der Waals surface area contributed by atoms with E-state index in [0.29, 0.717) is 5.56 Å². The number of fused-ring (bicyclic) bond motifs is 5. The number of carbonyl (C=O) groups excluding carboxylic acids is 3. The third kappa shape index (κ3) is 1.49. The fourth-order valence-corrected chi connectivity index (χ4v) is 4.08. The van der Waals surface area contributed by atoms with Gasteiger partial charge in [-0.05, 0) is 37.3 Å². The molecular weight excluding hydrogens is 282 g/mol. The molecule has 0 radical (unpaired) electrons. The number of carbonyl (C=O) groups is 3. The average molecular weight is 297 g/mol. The van der Waals surface area contributed by atoms with Crippen molar-refractivity contribution in [2.75, 3.05) is 0 Å². The predicted octanol–water partition coefficient (Wildman–Crippen LogP) is 0.924. The fraction of sp³-hybridized carbons (Fsp3) is 0.375. The van der Waals surface area contributed by atoms with Gasteiger partial charge in [0, 0.05) is 18.0 Å². The summed E-state index contributed by atoms with van der Waals surface area (Å²) >= 11 is 0. The van der Waals surface area contributed by atoms with Crippen LogP contribution in [0.15, 0.2) is 36.7 Å². The Hall–Kier alpha value is -2.50. The third-order valence-corrected chi connectivity index (χ3v) is 5.27. The van der Waals surface area contributed by atoms with E-state index in [-0.39, 0.29) is 29.6 Å². The molecule has 22 heavy (non-hydrogen) atoms. The molecule has 6 nitrogen and oxygen atoms in total. The van der Waals surface area contributed by atoms with Crippen LogP contribution in [-0.2, 0) is 9.59 Å². The largest absolute Gasteiger partial charge is 0.272 e. The van der Waals surface area contributed by atoms with Crippen molar-refractivity contribution >= 4 is 17.7 Å². The van der Waals surface area contributed by atoms with Crippen molar-refractivity contribution in [1.29, 1.82) is 0 Å². The van der Waals surface area contributed by atoms with E-state index in [4.69, 9.17) is 0 Å². The number of imide groups is 1. The van der Waals surface area contributed by atoms with Crippen molar-refractivity contribution in [3.05, 3.63) is 42.2 Å². The Morgan fingerprint density at radius 2 is 2.05 bits per heavy atom. The molecule has 1 N–H and O–H groups in total. The molecule has 1 saturated heterocycles. The first kappa shape index (κ1) is 13.2. The van der Waals surface area contributed by atoms with Crippen LogP contribution in [0.1, 0.15) is 23.7 Å². The molecule has 112 valence electrons. The highest BCUT2D eigenvalue weighted by molar-refractivity contribution is 6.10. The molecule has 2 fully saturated rings. The normalized spacial score (nSPS) is 35.1. The van der Waals surface area contributed by atoms with Gasteiger partial charge in [-0.3, -0.25) is 24.8 Å². The Bertz CT molecular complexity index is 715. The summed E-state index contributed by atoms with van der Waals surface area (Å²) in [6.45, 7) is 1.84. The number of hydrogen-bond acceptors (Lipinski definition) is 4. The molecule has 0 spiro atoms. The molecule has 0 unspecified atom stereocenters. The third-order valence-electron chi connectivity index (χ3n) is 5.27. The highest BCUT2D eigenvalue weighted by Crippen LogP contribution is 2.60. The van der Waals surface area contributed by atoms with E-state index in [0.717, 1.165) is 11.4 Å². The van der Waals surface area contributed by atoms with Crippen molar-refractivity contribution in [3.63, 3.8) is 0 Å². The summed E-state index contributed by atoms with van der Waals surface area (Å²) in [6.07, 6.45) is 7.88. The minimum Gasteiger partial charge on any atom is -0.272 e. The maximum absolute atomic E-state index is 12.7. The van der Waals surface area contributed by atoms with E-state index in [9.17, 15) is 14.4 Å². The van der Waals surface area contributed by atoms with Crippen LogP contribution >= 0.6 is 0 Å². The lowest BCUT2D eigenvalue weighted by Crippen LogP contribution is -2.48. The van der Waals surface area contributed by atoms with Gasteiger partial charge < -0.3 is 0 Å². The Morgan fingerprint density at radius 1 is 1.32 bits per heavy atom. The number of allylic oxidation sites excluding steroid dienone is 2. The van der Waals surface area contributed by atoms with E-state index >= 15 is 0 Å². The standard InChI is InChI=1S/C16H15N3O3/c1-16-11-3-2-10(8-11)12(16)14(21)19(15(16)22)18-13(20)9-4-6-17-7-5-9/h2-7,10-12H,8H2,1H3,(H,18,20)/t10-,11+,12-,16-/m1/s1. The Balaban J connectivity index is 1.61. The SMILES string of the molecule is C[C@]12C(=O)N(NC(=O)c3ccncc3)C(=O)[C@H]1[C@@H]1C=C[C@H]2C1. The molecule has 1 aliphatic heterocycles. The predicted molar refractivity (Wildman–Crippen MR) is 75.9 cm³/mol. The molecule has 4 rings (SSSR count). The van der Waals surface area contributed by atoms with Gasteiger partial charge in [0.1, 0.15) is 0 Å². The van der Waals surface area contributed by atoms with Gasteiger partial charge in [-0.2, -0.15) is 5.01 Å². The molecule has 2 aliphatic carbocycles. The first-order valence-corrected chi connectivity index (χ1v) is 7.31. The van der Waals surface area contributed by atoms with Crippen molar-refractivity contribution in [3.8, 4) is 0 Å². The number of pyridine rings is 1. The summed E-state index contributed by atoms with van der Waals surface area (Å²) in [7, 11) is 0. The number of nitrogens with zero attached hydrogens (tertiary/aromatic N) is 2. The van der Waals surface area contributed by atoms with E-state index in [1.807, 2.05) is 19.1 Å². The molecule has 3 aliphatic rings. The number of nitrogens with one attached hydrogen (secondary N) is 1. The van der Waals surface area contributed by atoms with E-state index in [1.54, 1.807) is 0 Å². The first-order valence-electron chi connectivity index (χ1n) is 7.31. The summed E-state index contributed by atoms with van der Waals surface area (Å²) in [4.78, 5) is 41.4. The minimum absolute atomic E-state index is 0.0850. The second-order valence-electron chi connectivity index (χ2n) is 6.31. The summed E-state index contributed by atoms with van der Waals surface area (Å²) in [6, 6.07) is 3.07. The summed E-state index contributed by atoms with van der Waals surface area (Å²) in [5.74, 6) is -1.25. The van der Waals surface area contributed by atoms with Crippen LogP contribution in [0.4, 0.5) is 0 Å². The van der Waals surface area contributed by atoms with Crippen LogP contribution < -0.4 is 5.43 Å². The molecule has 4 atom stereocenters. The number of hydrazine groups is 1. The lowest BCUT2D eigenvalue weighted by molar-refractivity contribution is -0.145. The molecule has 2 bridgehead atoms. The first-order chi connectivity index (χ1) is 10.5. The van der Waals surface area contributed by atoms with Crippen molar-refractivity contribution in [2.45, 2.75) is 13.3 Å². The van der Waals surface area contributed by atoms with Gasteiger partial charge in [-0.25, -0.2) is 0 Å². The summed E-state index contributed by atoms with van der Waals surface area (Å²) < 4.78 is 0. The van der Waals surface area contributed by atoms with Gasteiger partial charge in [0.15, 0.2) is 0 Å². The molecular formula is C16H15N3O3. The van der Waals surface area contributed by atoms with Gasteiger partial charge in [0.2, 0.25) is 0 Å². The van der Waals surface area contributed by atoms with Crippen LogP contribution in [-0.4, -0.2) is 27.7 Å². The van der Waals surface area contributed by atoms with Crippen LogP contribution in [0.25, 0.3) is 0 Å². The zero-order chi connectivity index (χ0) is 15.5. The van der Waals surface area contributed by atoms with E-state index < -0.39 is 11.3 Å². The zero-order valence-electron chi connectivity index (χ0n) is 12.0. The van der Waals surface area contributed by atoms with E-state index in [1.165, 1.54) is 24.5 Å². The monoisotopic (exact) mass is 297 g/mol. The minimum atomic E-state index is -0.720. The van der Waals surface area contributed by atoms with Gasteiger partial charge in [0.25, 0.3) is 17.7 Å². The van der Waals surface area contributed by atoms with Crippen molar-refractivity contribution in [1.82, 2.24) is 15.4 Å². The highest BCUT2D eigenvalue weighted by atomic mass is 16.2. The molecule has 1 aromatic rings. The van der Waals surface area contributed by atoms with Crippen LogP contribution in [0.2, 0.25) is 0 Å². The maximum Gasteiger partial charge on any atom is 0.270 e. The van der Waals surface area contributed by atoms with Crippen LogP contribution in [0, 0.1) is 23.2 Å². The molecule has 1 saturated carbocycles. The molecule has 0 aromatic carbocycles. The van der Waals surface area contributed by atoms with Gasteiger partial charge in [0.05, 0.1) is 11.3 Å². The lowest BCUT2D eigenvalue weighted by atomic mass is 9.71. The second-order valence-corrected chi connectivity index (χ2v) is 6.31. The quantitative estimate of drug-likeness (QED) is 0.650. The number of aromatic nitrogens is 1. The average Bonchev–Trinajstić information content (AvgIpc) is 3.16. The smallest absolute Gasteiger partial charge is 0.270 e. The topological polar surface area (TPSA) is 79.4 Å².